The Kier molecular flexibility index (Phi) is 12.0. The highest BCUT2D eigenvalue weighted by Crippen LogP contribution is 2.51. The highest BCUT2D eigenvalue weighted by Gasteiger charge is 2.53. The van der Waals surface area contributed by atoms with Crippen molar-refractivity contribution >= 4 is 27.5 Å². The summed E-state index contributed by atoms with van der Waals surface area (Å²) in [5.74, 6) is 0.582. The molecule has 0 aromatic heterocycles. The van der Waals surface area contributed by atoms with Crippen molar-refractivity contribution in [3.63, 3.8) is 0 Å². The molecule has 5 heterocycles. The molecule has 57 heavy (non-hydrogen) atoms. The molecule has 3 atom stereocenters. The number of anilines is 1. The summed E-state index contributed by atoms with van der Waals surface area (Å²) in [6.45, 7) is 14.6. The number of nitrogens with one attached hydrogen (secondary N) is 1. The summed E-state index contributed by atoms with van der Waals surface area (Å²) < 4.78 is 41.9. The van der Waals surface area contributed by atoms with Gasteiger partial charge in [-0.05, 0) is 138 Å². The summed E-state index contributed by atoms with van der Waals surface area (Å²) in [5.41, 5.74) is 2.26. The third-order valence-corrected chi connectivity index (χ3v) is 16.4. The van der Waals surface area contributed by atoms with Crippen LogP contribution in [-0.2, 0) is 20.0 Å². The zero-order valence-electron chi connectivity index (χ0n) is 33.4. The number of likely N-dealkylation sites (tertiary alicyclic amines) is 4. The minimum atomic E-state index is -3.55. The quantitative estimate of drug-likeness (QED) is 0.253. The Hall–Kier alpha value is -3.52. The normalized spacial score (nSPS) is 25.6. The first-order chi connectivity index (χ1) is 27.5. The van der Waals surface area contributed by atoms with Crippen LogP contribution in [0.5, 0.6) is 0 Å². The molecule has 1 saturated carbocycles. The minimum Gasteiger partial charge on any atom is -0.465 e. The van der Waals surface area contributed by atoms with Gasteiger partial charge < -0.3 is 30.0 Å². The fourth-order valence-corrected chi connectivity index (χ4v) is 12.7. The fraction of sp³-hybridized carbons (Fsp3) is 0.636. The van der Waals surface area contributed by atoms with Gasteiger partial charge in [-0.2, -0.15) is 0 Å². The van der Waals surface area contributed by atoms with Crippen LogP contribution >= 0.6 is 0 Å². The van der Waals surface area contributed by atoms with Crippen LogP contribution in [0.2, 0.25) is 0 Å². The highest BCUT2D eigenvalue weighted by atomic mass is 32.2. The maximum Gasteiger partial charge on any atom is 0.404 e. The first kappa shape index (κ1) is 40.3. The number of piperidine rings is 2. The largest absolute Gasteiger partial charge is 0.465 e. The van der Waals surface area contributed by atoms with E-state index in [1.807, 2.05) is 18.2 Å². The monoisotopic (exact) mass is 804 g/mol. The smallest absolute Gasteiger partial charge is 0.404 e. The molecule has 2 aromatic rings. The molecule has 2 aromatic carbocycles. The molecule has 2 N–H and O–H groups in total. The summed E-state index contributed by atoms with van der Waals surface area (Å²) in [6.07, 6.45) is 8.42. The summed E-state index contributed by atoms with van der Waals surface area (Å²) in [7, 11) is -3.55. The zero-order chi connectivity index (χ0) is 39.7. The molecule has 1 aliphatic carbocycles. The molecule has 0 radical (unpaired) electrons. The average molecular weight is 805 g/mol. The Labute approximate surface area is 338 Å². The molecule has 6 aliphatic rings. The average Bonchev–Trinajstić information content (AvgIpc) is 3.60. The molecule has 6 fully saturated rings. The number of amides is 2. The molecule has 8 rings (SSSR count). The molecule has 5 aliphatic heterocycles. The molecule has 310 valence electrons. The van der Waals surface area contributed by atoms with Gasteiger partial charge >= 0.3 is 6.09 Å². The lowest BCUT2D eigenvalue weighted by Gasteiger charge is -2.54. The van der Waals surface area contributed by atoms with Gasteiger partial charge in [0, 0.05) is 74.4 Å². The molecule has 13 heteroatoms. The lowest BCUT2D eigenvalue weighted by molar-refractivity contribution is -0.130. The third-order valence-electron chi connectivity index (χ3n) is 14.3. The number of halogens is 1. The predicted octanol–water partition coefficient (Wildman–Crippen LogP) is 5.08. The molecule has 11 nitrogen and oxygen atoms in total. The van der Waals surface area contributed by atoms with Gasteiger partial charge in [0.1, 0.15) is 11.1 Å². The van der Waals surface area contributed by atoms with E-state index in [9.17, 15) is 27.5 Å². The van der Waals surface area contributed by atoms with Crippen molar-refractivity contribution in [2.75, 3.05) is 90.0 Å². The lowest BCUT2D eigenvalue weighted by Crippen LogP contribution is -2.60. The van der Waals surface area contributed by atoms with E-state index in [1.165, 1.54) is 18.9 Å². The van der Waals surface area contributed by atoms with Gasteiger partial charge in [0.25, 0.3) is 5.91 Å². The van der Waals surface area contributed by atoms with Crippen molar-refractivity contribution in [3.8, 4) is 0 Å². The Morgan fingerprint density at radius 2 is 1.53 bits per heavy atom. The van der Waals surface area contributed by atoms with E-state index < -0.39 is 21.2 Å². The number of benzene rings is 2. The molecule has 0 unspecified atom stereocenters. The van der Waals surface area contributed by atoms with Crippen LogP contribution in [0.4, 0.5) is 14.9 Å². The van der Waals surface area contributed by atoms with Crippen LogP contribution in [0, 0.1) is 23.6 Å². The first-order valence-electron chi connectivity index (χ1n) is 21.5. The number of rotatable bonds is 14. The molecule has 0 bridgehead atoms. The Morgan fingerprint density at radius 3 is 2.18 bits per heavy atom. The molecular formula is C44H61FN6O5S. The maximum atomic E-state index is 15.0. The Bertz CT molecular complexity index is 1870. The fourth-order valence-electron chi connectivity index (χ4n) is 11.1. The second-order valence-corrected chi connectivity index (χ2v) is 20.2. The van der Waals surface area contributed by atoms with Gasteiger partial charge in [-0.25, -0.2) is 17.6 Å². The highest BCUT2D eigenvalue weighted by molar-refractivity contribution is 7.92. The van der Waals surface area contributed by atoms with Crippen LogP contribution in [0.3, 0.4) is 0 Å². The van der Waals surface area contributed by atoms with Crippen LogP contribution in [-0.4, -0.2) is 141 Å². The predicted molar refractivity (Wildman–Crippen MR) is 220 cm³/mol. The van der Waals surface area contributed by atoms with Crippen LogP contribution < -0.4 is 10.2 Å². The number of sulfone groups is 1. The zero-order valence-corrected chi connectivity index (χ0v) is 34.2. The van der Waals surface area contributed by atoms with E-state index in [0.717, 1.165) is 122 Å². The number of hydrogen-bond acceptors (Lipinski definition) is 8. The molecule has 0 spiro atoms. The van der Waals surface area contributed by atoms with Crippen molar-refractivity contribution in [1.82, 2.24) is 24.9 Å². The van der Waals surface area contributed by atoms with Gasteiger partial charge in [0.15, 0.2) is 9.84 Å². The van der Waals surface area contributed by atoms with Gasteiger partial charge in [0.05, 0.1) is 4.90 Å². The van der Waals surface area contributed by atoms with Crippen LogP contribution in [0.25, 0.3) is 0 Å². The minimum absolute atomic E-state index is 0.112. The van der Waals surface area contributed by atoms with Crippen LogP contribution in [0.1, 0.15) is 63.4 Å². The van der Waals surface area contributed by atoms with Crippen molar-refractivity contribution in [1.29, 1.82) is 0 Å². The SMILES string of the molecule is C=C(CN1CCCCC1)C(=O)N1CC(S(=O)(=O)c2ccc(N3CC(CN4CCC([C@@](CN5CCC5)(c5cccc(F)c5)[C@H]5CCC[C@@H]5NC(=O)O)CC4)C3)cc2)C1. The van der Waals surface area contributed by atoms with Gasteiger partial charge in [0.2, 0.25) is 0 Å². The van der Waals surface area contributed by atoms with E-state index >= 15 is 0 Å². The molecule has 5 saturated heterocycles. The van der Waals surface area contributed by atoms with Crippen molar-refractivity contribution in [2.45, 2.75) is 79.4 Å². The standard InChI is InChI=1S/C44H61FN6O5S/c1-32(25-47-18-3-2-4-19-47)42(52)51-29-39(30-51)57(55,56)38-14-12-37(13-15-38)50-27-33(28-50)26-48-22-16-34(17-23-48)44(31-49-20-7-21-49,35-8-5-9-36(45)24-35)40-10-6-11-41(40)46-43(53)54/h5,8-9,12-15,24,33-34,39-41,46H,1-4,6-7,10-11,16-23,25-31H2,(H,53,54)/t40-,41-,44-/m0/s1. The van der Waals surface area contributed by atoms with E-state index in [-0.39, 0.29) is 42.2 Å². The van der Waals surface area contributed by atoms with Crippen molar-refractivity contribution in [3.05, 3.63) is 72.1 Å². The van der Waals surface area contributed by atoms with E-state index in [4.69, 9.17) is 0 Å². The third kappa shape index (κ3) is 8.49. The Morgan fingerprint density at radius 1 is 0.825 bits per heavy atom. The number of nitrogens with zero attached hydrogens (tertiary/aromatic N) is 5. The molecule has 2 amide bonds. The van der Waals surface area contributed by atoms with E-state index in [1.54, 1.807) is 23.1 Å². The number of carboxylic acid groups (broad SMARTS) is 1. The van der Waals surface area contributed by atoms with Crippen molar-refractivity contribution in [2.24, 2.45) is 17.8 Å². The Balaban J connectivity index is 0.842. The summed E-state index contributed by atoms with van der Waals surface area (Å²) in [5, 5.41) is 12.1. The number of carbonyl (C=O) groups is 2. The number of hydrogen-bond donors (Lipinski definition) is 2. The van der Waals surface area contributed by atoms with Crippen molar-refractivity contribution < 1.29 is 27.5 Å². The van der Waals surface area contributed by atoms with E-state index in [0.29, 0.717) is 28.8 Å². The van der Waals surface area contributed by atoms with Gasteiger partial charge in [-0.15, -0.1) is 0 Å². The van der Waals surface area contributed by atoms with Gasteiger partial charge in [-0.3, -0.25) is 9.69 Å². The summed E-state index contributed by atoms with van der Waals surface area (Å²) in [6, 6.07) is 14.3. The van der Waals surface area contributed by atoms with E-state index in [2.05, 4.69) is 37.6 Å². The lowest BCUT2D eigenvalue weighted by atomic mass is 9.57. The second kappa shape index (κ2) is 17.0. The second-order valence-electron chi connectivity index (χ2n) is 17.9. The summed E-state index contributed by atoms with van der Waals surface area (Å²) in [4.78, 5) is 36.4. The first-order valence-corrected chi connectivity index (χ1v) is 23.0. The number of carbonyl (C=O) groups excluding carboxylic acids is 1. The van der Waals surface area contributed by atoms with Crippen LogP contribution in [0.15, 0.2) is 65.6 Å². The summed E-state index contributed by atoms with van der Waals surface area (Å²) >= 11 is 0. The molecular weight excluding hydrogens is 744 g/mol. The van der Waals surface area contributed by atoms with Gasteiger partial charge in [-0.1, -0.05) is 31.6 Å². The topological polar surface area (TPSA) is 117 Å². The maximum absolute atomic E-state index is 15.0.